The molecule has 1 amide bonds. The van der Waals surface area contributed by atoms with Crippen molar-refractivity contribution in [2.24, 2.45) is 0 Å². The molecule has 0 radical (unpaired) electrons. The maximum absolute atomic E-state index is 11.8. The van der Waals surface area contributed by atoms with Gasteiger partial charge in [0.15, 0.2) is 0 Å². The molecule has 1 atom stereocenters. The number of anilines is 1. The van der Waals surface area contributed by atoms with Crippen LogP contribution in [-0.4, -0.2) is 22.3 Å². The number of benzene rings is 1. The van der Waals surface area contributed by atoms with Crippen molar-refractivity contribution in [2.75, 3.05) is 11.4 Å². The lowest BCUT2D eigenvalue weighted by Crippen LogP contribution is -2.25. The number of rotatable bonds is 1. The zero-order chi connectivity index (χ0) is 11.8. The van der Waals surface area contributed by atoms with E-state index in [-0.39, 0.29) is 10.7 Å². The minimum Gasteiger partial charge on any atom is -0.296 e. The Hall–Kier alpha value is -1.42. The summed E-state index contributed by atoms with van der Waals surface area (Å²) in [5.74, 6) is 0.880. The molecule has 1 unspecified atom stereocenters. The van der Waals surface area contributed by atoms with Gasteiger partial charge in [0.1, 0.15) is 5.82 Å². The summed E-state index contributed by atoms with van der Waals surface area (Å²) in [5.41, 5.74) is 0. The zero-order valence-corrected chi connectivity index (χ0v) is 10.7. The molecule has 3 rings (SSSR count). The molecule has 1 aromatic carbocycles. The van der Waals surface area contributed by atoms with E-state index in [1.807, 2.05) is 36.5 Å². The lowest BCUT2D eigenvalue weighted by molar-refractivity contribution is -0.117. The zero-order valence-electron chi connectivity index (χ0n) is 9.14. The van der Waals surface area contributed by atoms with Gasteiger partial charge >= 0.3 is 0 Å². The smallest absolute Gasteiger partial charge is 0.229 e. The van der Waals surface area contributed by atoms with E-state index in [4.69, 9.17) is 0 Å². The average Bonchev–Trinajstić information content (AvgIpc) is 2.68. The number of amides is 1. The highest BCUT2D eigenvalue weighted by Gasteiger charge is 2.29. The standard InChI is InChI=1S/C13H11BrN2O/c14-11-6-13(17)16(8-11)12-5-9-3-1-2-4-10(9)7-15-12/h1-5,7,11H,6,8H2. The van der Waals surface area contributed by atoms with Crippen LogP contribution >= 0.6 is 15.9 Å². The first kappa shape index (κ1) is 10.7. The maximum Gasteiger partial charge on any atom is 0.229 e. The third-order valence-electron chi connectivity index (χ3n) is 2.97. The number of hydrogen-bond donors (Lipinski definition) is 0. The van der Waals surface area contributed by atoms with E-state index in [1.54, 1.807) is 4.90 Å². The van der Waals surface area contributed by atoms with E-state index in [1.165, 1.54) is 0 Å². The second-order valence-corrected chi connectivity index (χ2v) is 5.49. The van der Waals surface area contributed by atoms with Gasteiger partial charge in [0.25, 0.3) is 0 Å². The van der Waals surface area contributed by atoms with Crippen molar-refractivity contribution < 1.29 is 4.79 Å². The third-order valence-corrected chi connectivity index (χ3v) is 3.58. The summed E-state index contributed by atoms with van der Waals surface area (Å²) in [5, 5.41) is 2.21. The van der Waals surface area contributed by atoms with E-state index in [0.717, 1.165) is 16.6 Å². The van der Waals surface area contributed by atoms with Crippen molar-refractivity contribution in [1.29, 1.82) is 0 Å². The Bertz CT molecular complexity index is 584. The first-order valence-electron chi connectivity index (χ1n) is 5.53. The molecule has 17 heavy (non-hydrogen) atoms. The monoisotopic (exact) mass is 290 g/mol. The second kappa shape index (κ2) is 4.11. The third kappa shape index (κ3) is 1.93. The fourth-order valence-corrected chi connectivity index (χ4v) is 2.67. The Balaban J connectivity index is 2.03. The number of pyridine rings is 1. The number of fused-ring (bicyclic) bond motifs is 1. The summed E-state index contributed by atoms with van der Waals surface area (Å²) in [6, 6.07) is 10.0. The maximum atomic E-state index is 11.8. The van der Waals surface area contributed by atoms with Gasteiger partial charge in [-0.1, -0.05) is 40.2 Å². The molecule has 3 nitrogen and oxygen atoms in total. The molecule has 2 aromatic rings. The summed E-state index contributed by atoms with van der Waals surface area (Å²) < 4.78 is 0. The quantitative estimate of drug-likeness (QED) is 0.757. The fourth-order valence-electron chi connectivity index (χ4n) is 2.10. The molecule has 1 saturated heterocycles. The predicted octanol–water partition coefficient (Wildman–Crippen LogP) is 2.74. The van der Waals surface area contributed by atoms with Gasteiger partial charge in [0, 0.05) is 29.4 Å². The molecule has 4 heteroatoms. The summed E-state index contributed by atoms with van der Waals surface area (Å²) in [6.45, 7) is 0.699. The first-order chi connectivity index (χ1) is 8.24. The molecule has 0 aliphatic carbocycles. The summed E-state index contributed by atoms with van der Waals surface area (Å²) in [7, 11) is 0. The molecular formula is C13H11BrN2O. The Morgan fingerprint density at radius 1 is 1.29 bits per heavy atom. The van der Waals surface area contributed by atoms with Crippen molar-refractivity contribution >= 4 is 38.4 Å². The van der Waals surface area contributed by atoms with Crippen LogP contribution in [0.1, 0.15) is 6.42 Å². The van der Waals surface area contributed by atoms with Gasteiger partial charge < -0.3 is 0 Å². The molecular weight excluding hydrogens is 280 g/mol. The Labute approximate surface area is 108 Å². The van der Waals surface area contributed by atoms with Crippen LogP contribution in [0.4, 0.5) is 5.82 Å². The normalized spacial score (nSPS) is 20.2. The molecule has 1 aliphatic heterocycles. The topological polar surface area (TPSA) is 33.2 Å². The molecule has 0 N–H and O–H groups in total. The van der Waals surface area contributed by atoms with Crippen LogP contribution in [0.2, 0.25) is 0 Å². The molecule has 1 fully saturated rings. The van der Waals surface area contributed by atoms with Crippen molar-refractivity contribution in [3.63, 3.8) is 0 Å². The molecule has 86 valence electrons. The SMILES string of the molecule is O=C1CC(Br)CN1c1cc2ccccc2cn1. The van der Waals surface area contributed by atoms with E-state index >= 15 is 0 Å². The second-order valence-electron chi connectivity index (χ2n) is 4.20. The van der Waals surface area contributed by atoms with Crippen molar-refractivity contribution in [2.45, 2.75) is 11.2 Å². The minimum atomic E-state index is 0.134. The van der Waals surface area contributed by atoms with Gasteiger partial charge in [-0.3, -0.25) is 9.69 Å². The Kier molecular flexibility index (Phi) is 2.59. The van der Waals surface area contributed by atoms with Gasteiger partial charge in [-0.25, -0.2) is 4.98 Å². The molecule has 0 bridgehead atoms. The summed E-state index contributed by atoms with van der Waals surface area (Å²) in [4.78, 5) is 18.1. The van der Waals surface area contributed by atoms with Crippen LogP contribution in [0, 0.1) is 0 Å². The van der Waals surface area contributed by atoms with Gasteiger partial charge in [0.2, 0.25) is 5.91 Å². The lowest BCUT2D eigenvalue weighted by atomic mass is 10.2. The molecule has 1 aromatic heterocycles. The van der Waals surface area contributed by atoms with Crippen molar-refractivity contribution in [3.05, 3.63) is 36.5 Å². The summed E-state index contributed by atoms with van der Waals surface area (Å²) >= 11 is 3.48. The molecule has 1 aliphatic rings. The van der Waals surface area contributed by atoms with Crippen LogP contribution in [0.5, 0.6) is 0 Å². The highest BCUT2D eigenvalue weighted by molar-refractivity contribution is 9.09. The summed E-state index contributed by atoms with van der Waals surface area (Å²) in [6.07, 6.45) is 2.37. The number of carbonyl (C=O) groups excluding carboxylic acids is 1. The lowest BCUT2D eigenvalue weighted by Gasteiger charge is -2.15. The Morgan fingerprint density at radius 2 is 2.06 bits per heavy atom. The molecule has 0 saturated carbocycles. The number of nitrogens with zero attached hydrogens (tertiary/aromatic N) is 2. The van der Waals surface area contributed by atoms with Crippen molar-refractivity contribution in [1.82, 2.24) is 4.98 Å². The van der Waals surface area contributed by atoms with Gasteiger partial charge in [-0.2, -0.15) is 0 Å². The van der Waals surface area contributed by atoms with Crippen LogP contribution in [0.3, 0.4) is 0 Å². The van der Waals surface area contributed by atoms with Crippen LogP contribution in [0.25, 0.3) is 10.8 Å². The van der Waals surface area contributed by atoms with Crippen LogP contribution < -0.4 is 4.90 Å². The minimum absolute atomic E-state index is 0.134. The number of carbonyl (C=O) groups is 1. The van der Waals surface area contributed by atoms with Crippen LogP contribution in [0.15, 0.2) is 36.5 Å². The number of hydrogen-bond acceptors (Lipinski definition) is 2. The fraction of sp³-hybridized carbons (Fsp3) is 0.231. The molecule has 2 heterocycles. The number of aromatic nitrogens is 1. The predicted molar refractivity (Wildman–Crippen MR) is 71.4 cm³/mol. The van der Waals surface area contributed by atoms with E-state index in [9.17, 15) is 4.79 Å². The van der Waals surface area contributed by atoms with Crippen molar-refractivity contribution in [3.8, 4) is 0 Å². The van der Waals surface area contributed by atoms with Gasteiger partial charge in [-0.15, -0.1) is 0 Å². The van der Waals surface area contributed by atoms with E-state index in [2.05, 4.69) is 20.9 Å². The largest absolute Gasteiger partial charge is 0.296 e. The average molecular weight is 291 g/mol. The van der Waals surface area contributed by atoms with Gasteiger partial charge in [-0.05, 0) is 11.5 Å². The van der Waals surface area contributed by atoms with E-state index < -0.39 is 0 Å². The number of halogens is 1. The highest BCUT2D eigenvalue weighted by Crippen LogP contribution is 2.25. The van der Waals surface area contributed by atoms with Gasteiger partial charge in [0.05, 0.1) is 0 Å². The Morgan fingerprint density at radius 3 is 2.76 bits per heavy atom. The van der Waals surface area contributed by atoms with E-state index in [0.29, 0.717) is 13.0 Å². The van der Waals surface area contributed by atoms with Crippen LogP contribution in [-0.2, 0) is 4.79 Å². The molecule has 0 spiro atoms. The highest BCUT2D eigenvalue weighted by atomic mass is 79.9. The first-order valence-corrected chi connectivity index (χ1v) is 6.45. The number of alkyl halides is 1.